The van der Waals surface area contributed by atoms with Crippen LogP contribution in [0.5, 0.6) is 5.75 Å². The summed E-state index contributed by atoms with van der Waals surface area (Å²) in [6.45, 7) is 1.84. The molecule has 1 aliphatic heterocycles. The van der Waals surface area contributed by atoms with Crippen molar-refractivity contribution in [2.45, 2.75) is 13.0 Å². The number of carbonyl (C=O) groups excluding carboxylic acids is 1. The number of halogens is 1. The lowest BCUT2D eigenvalue weighted by molar-refractivity contribution is -0.113. The summed E-state index contributed by atoms with van der Waals surface area (Å²) < 4.78 is 5.29. The smallest absolute Gasteiger partial charge is 0.255 e. The number of allylic oxidation sites excluding steroid dienone is 1. The molecular formula is C17H16ClN3O2S2. The normalized spacial score (nSPS) is 16.9. The highest BCUT2D eigenvalue weighted by Gasteiger charge is 2.30. The Morgan fingerprint density at radius 3 is 2.88 bits per heavy atom. The third kappa shape index (κ3) is 3.78. The molecule has 130 valence electrons. The van der Waals surface area contributed by atoms with Gasteiger partial charge in [-0.1, -0.05) is 17.7 Å². The van der Waals surface area contributed by atoms with Crippen molar-refractivity contribution in [1.82, 2.24) is 10.6 Å². The Morgan fingerprint density at radius 1 is 1.40 bits per heavy atom. The molecule has 0 saturated carbocycles. The predicted octanol–water partition coefficient (Wildman–Crippen LogP) is 3.84. The van der Waals surface area contributed by atoms with Crippen LogP contribution in [0.4, 0.5) is 5.69 Å². The number of methoxy groups -OCH3 is 1. The van der Waals surface area contributed by atoms with Crippen molar-refractivity contribution in [3.05, 3.63) is 56.9 Å². The van der Waals surface area contributed by atoms with Gasteiger partial charge < -0.3 is 20.7 Å². The van der Waals surface area contributed by atoms with Crippen LogP contribution in [0.15, 0.2) is 47.0 Å². The Hall–Kier alpha value is -2.09. The van der Waals surface area contributed by atoms with E-state index < -0.39 is 0 Å². The number of amides is 1. The fourth-order valence-corrected chi connectivity index (χ4v) is 3.84. The molecule has 25 heavy (non-hydrogen) atoms. The van der Waals surface area contributed by atoms with E-state index in [1.807, 2.05) is 24.4 Å². The van der Waals surface area contributed by atoms with Gasteiger partial charge in [0.1, 0.15) is 5.75 Å². The average Bonchev–Trinajstić information content (AvgIpc) is 3.10. The van der Waals surface area contributed by atoms with E-state index in [-0.39, 0.29) is 11.9 Å². The molecule has 2 heterocycles. The molecular weight excluding hydrogens is 378 g/mol. The van der Waals surface area contributed by atoms with Gasteiger partial charge in [-0.25, -0.2) is 0 Å². The van der Waals surface area contributed by atoms with Gasteiger partial charge in [-0.15, -0.1) is 11.3 Å². The second-order valence-electron chi connectivity index (χ2n) is 5.38. The standard InChI is InChI=1S/C17H16ClN3O2S2/c1-9-14(15(21-17(24)19-9)13-4-3-7-25-13)16(22)20-11-6-5-10(18)8-12(11)23-2/h3-8,15H,1-2H3,(H,20,22)(H2,19,21,24). The van der Waals surface area contributed by atoms with Gasteiger partial charge in [0.05, 0.1) is 24.4 Å². The predicted molar refractivity (Wildman–Crippen MR) is 105 cm³/mol. The van der Waals surface area contributed by atoms with Crippen LogP contribution in [-0.4, -0.2) is 18.1 Å². The van der Waals surface area contributed by atoms with Crippen LogP contribution in [0, 0.1) is 0 Å². The van der Waals surface area contributed by atoms with Crippen molar-refractivity contribution in [3.63, 3.8) is 0 Å². The number of carbonyl (C=O) groups is 1. The van der Waals surface area contributed by atoms with E-state index in [0.717, 1.165) is 4.88 Å². The molecule has 5 nitrogen and oxygen atoms in total. The number of nitrogens with one attached hydrogen (secondary N) is 3. The number of ether oxygens (including phenoxy) is 1. The molecule has 1 unspecified atom stereocenters. The minimum Gasteiger partial charge on any atom is -0.495 e. The van der Waals surface area contributed by atoms with Crippen molar-refractivity contribution < 1.29 is 9.53 Å². The first kappa shape index (κ1) is 17.7. The number of thiocarbonyl (C=S) groups is 1. The lowest BCUT2D eigenvalue weighted by Crippen LogP contribution is -2.45. The van der Waals surface area contributed by atoms with Gasteiger partial charge in [-0.05, 0) is 42.7 Å². The number of benzene rings is 1. The molecule has 0 saturated heterocycles. The van der Waals surface area contributed by atoms with Crippen LogP contribution in [0.25, 0.3) is 0 Å². The average molecular weight is 394 g/mol. The quantitative estimate of drug-likeness (QED) is 0.689. The SMILES string of the molecule is COc1cc(Cl)ccc1NC(=O)C1=C(C)NC(=S)NC1c1cccs1. The summed E-state index contributed by atoms with van der Waals surface area (Å²) >= 11 is 12.8. The van der Waals surface area contributed by atoms with Gasteiger partial charge in [-0.3, -0.25) is 4.79 Å². The fourth-order valence-electron chi connectivity index (χ4n) is 2.62. The summed E-state index contributed by atoms with van der Waals surface area (Å²) in [7, 11) is 1.53. The van der Waals surface area contributed by atoms with E-state index >= 15 is 0 Å². The molecule has 1 atom stereocenters. The molecule has 1 aliphatic rings. The third-order valence-electron chi connectivity index (χ3n) is 3.75. The van der Waals surface area contributed by atoms with Crippen LogP contribution >= 0.6 is 35.2 Å². The summed E-state index contributed by atoms with van der Waals surface area (Å²) in [6.07, 6.45) is 0. The van der Waals surface area contributed by atoms with Crippen LogP contribution in [0.1, 0.15) is 17.8 Å². The van der Waals surface area contributed by atoms with Gasteiger partial charge in [0.2, 0.25) is 0 Å². The molecule has 1 aromatic carbocycles. The van der Waals surface area contributed by atoms with E-state index in [4.69, 9.17) is 28.6 Å². The molecule has 0 aliphatic carbocycles. The van der Waals surface area contributed by atoms with Crippen molar-refractivity contribution in [2.75, 3.05) is 12.4 Å². The van der Waals surface area contributed by atoms with E-state index in [1.165, 1.54) is 7.11 Å². The molecule has 1 aromatic heterocycles. The summed E-state index contributed by atoms with van der Waals surface area (Å²) in [4.78, 5) is 14.0. The zero-order valence-electron chi connectivity index (χ0n) is 13.6. The molecule has 0 spiro atoms. The lowest BCUT2D eigenvalue weighted by Gasteiger charge is -2.29. The largest absolute Gasteiger partial charge is 0.495 e. The Bertz CT molecular complexity index is 850. The summed E-state index contributed by atoms with van der Waals surface area (Å²) in [5.74, 6) is 0.262. The fraction of sp³-hybridized carbons (Fsp3) is 0.176. The number of thiophene rings is 1. The highest BCUT2D eigenvalue weighted by Crippen LogP contribution is 2.32. The van der Waals surface area contributed by atoms with Gasteiger partial charge in [0, 0.05) is 21.7 Å². The first-order chi connectivity index (χ1) is 12.0. The Labute approximate surface area is 160 Å². The van der Waals surface area contributed by atoms with Gasteiger partial charge >= 0.3 is 0 Å². The summed E-state index contributed by atoms with van der Waals surface area (Å²) in [6, 6.07) is 8.68. The summed E-state index contributed by atoms with van der Waals surface area (Å²) in [5.41, 5.74) is 1.84. The van der Waals surface area contributed by atoms with Crippen molar-refractivity contribution in [1.29, 1.82) is 0 Å². The van der Waals surface area contributed by atoms with Crippen molar-refractivity contribution >= 4 is 51.9 Å². The topological polar surface area (TPSA) is 62.4 Å². The van der Waals surface area contributed by atoms with Gasteiger partial charge in [-0.2, -0.15) is 0 Å². The van der Waals surface area contributed by atoms with Gasteiger partial charge in [0.25, 0.3) is 5.91 Å². The highest BCUT2D eigenvalue weighted by molar-refractivity contribution is 7.80. The van der Waals surface area contributed by atoms with Crippen LogP contribution in [0.3, 0.4) is 0 Å². The second-order valence-corrected chi connectivity index (χ2v) is 7.21. The second kappa shape index (κ2) is 7.43. The van der Waals surface area contributed by atoms with E-state index in [0.29, 0.717) is 32.8 Å². The molecule has 3 rings (SSSR count). The summed E-state index contributed by atoms with van der Waals surface area (Å²) in [5, 5.41) is 12.1. The van der Waals surface area contributed by atoms with Crippen molar-refractivity contribution in [3.8, 4) is 5.75 Å². The molecule has 2 aromatic rings. The van der Waals surface area contributed by atoms with Gasteiger partial charge in [0.15, 0.2) is 5.11 Å². The highest BCUT2D eigenvalue weighted by atomic mass is 35.5. The van der Waals surface area contributed by atoms with E-state index in [9.17, 15) is 4.79 Å². The van der Waals surface area contributed by atoms with Crippen LogP contribution < -0.4 is 20.7 Å². The van der Waals surface area contributed by atoms with E-state index in [1.54, 1.807) is 29.5 Å². The maximum atomic E-state index is 13.0. The Kier molecular flexibility index (Phi) is 5.27. The van der Waals surface area contributed by atoms with E-state index in [2.05, 4.69) is 16.0 Å². The minimum atomic E-state index is -0.299. The maximum Gasteiger partial charge on any atom is 0.255 e. The van der Waals surface area contributed by atoms with Crippen molar-refractivity contribution in [2.24, 2.45) is 0 Å². The Morgan fingerprint density at radius 2 is 2.20 bits per heavy atom. The molecule has 1 amide bonds. The van der Waals surface area contributed by atoms with Crippen LogP contribution in [-0.2, 0) is 4.79 Å². The monoisotopic (exact) mass is 393 g/mol. The minimum absolute atomic E-state index is 0.237. The maximum absolute atomic E-state index is 13.0. The third-order valence-corrected chi connectivity index (χ3v) is 5.15. The zero-order valence-corrected chi connectivity index (χ0v) is 15.9. The molecule has 0 radical (unpaired) electrons. The molecule has 0 fully saturated rings. The molecule has 0 bridgehead atoms. The van der Waals surface area contributed by atoms with Crippen LogP contribution in [0.2, 0.25) is 5.02 Å². The first-order valence-electron chi connectivity index (χ1n) is 7.46. The first-order valence-corrected chi connectivity index (χ1v) is 9.12. The zero-order chi connectivity index (χ0) is 18.0. The Balaban J connectivity index is 1.94. The lowest BCUT2D eigenvalue weighted by atomic mass is 10.0. The molecule has 3 N–H and O–H groups in total. The number of anilines is 1. The number of hydrogen-bond acceptors (Lipinski definition) is 4. The number of rotatable bonds is 4. The number of hydrogen-bond donors (Lipinski definition) is 3. The molecule has 8 heteroatoms.